The van der Waals surface area contributed by atoms with E-state index in [4.69, 9.17) is 4.11 Å². The van der Waals surface area contributed by atoms with Crippen LogP contribution in [-0.2, 0) is 26.5 Å². The molecule has 0 N–H and O–H groups in total. The molecule has 2 aromatic heterocycles. The molecule has 0 bridgehead atoms. The number of nitrogens with zero attached hydrogens (tertiary/aromatic N) is 2. The molecule has 2 nitrogen and oxygen atoms in total. The third-order valence-electron chi connectivity index (χ3n) is 7.46. The average Bonchev–Trinajstić information content (AvgIpc) is 3.08. The summed E-state index contributed by atoms with van der Waals surface area (Å²) >= 11 is 0. The van der Waals surface area contributed by atoms with E-state index in [0.717, 1.165) is 28.9 Å². The van der Waals surface area contributed by atoms with Gasteiger partial charge < -0.3 is 9.97 Å². The fourth-order valence-electron chi connectivity index (χ4n) is 5.52. The third-order valence-corrected chi connectivity index (χ3v) is 7.46. The SMILES string of the molecule is CC(C)(C)Cc1ccnc(-c2[c-]ccc(-c3cc4ccccc4c4ccccc34)c2)c1.[2H]C([2H])([2H])c1ccc(-c2[c-]cccc2)nc1.[Ir]. The number of aryl methyl sites for hydroxylation is 1. The quantitative estimate of drug-likeness (QED) is 0.132. The molecule has 3 heteroatoms. The van der Waals surface area contributed by atoms with Crippen LogP contribution >= 0.6 is 0 Å². The summed E-state index contributed by atoms with van der Waals surface area (Å²) in [5.41, 5.74) is 7.86. The maximum atomic E-state index is 7.23. The van der Waals surface area contributed by atoms with Crippen LogP contribution in [0.1, 0.15) is 36.0 Å². The van der Waals surface area contributed by atoms with Crippen LogP contribution in [0.15, 0.2) is 134 Å². The van der Waals surface area contributed by atoms with Gasteiger partial charge >= 0.3 is 0 Å². The normalized spacial score (nSPS) is 12.3. The summed E-state index contributed by atoms with van der Waals surface area (Å²) in [4.78, 5) is 8.78. The largest absolute Gasteiger partial charge is 0.305 e. The fraction of sp³-hybridized carbons (Fsp3) is 0.143. The van der Waals surface area contributed by atoms with E-state index in [0.29, 0.717) is 0 Å². The number of pyridine rings is 2. The molecule has 0 unspecified atom stereocenters. The summed E-state index contributed by atoms with van der Waals surface area (Å²) < 4.78 is 21.7. The van der Waals surface area contributed by atoms with Gasteiger partial charge in [-0.05, 0) is 74.9 Å². The predicted molar refractivity (Wildman–Crippen MR) is 185 cm³/mol. The topological polar surface area (TPSA) is 25.8 Å². The van der Waals surface area contributed by atoms with E-state index in [1.165, 1.54) is 44.4 Å². The molecule has 7 rings (SSSR count). The van der Waals surface area contributed by atoms with E-state index in [-0.39, 0.29) is 31.1 Å². The first kappa shape index (κ1) is 28.1. The van der Waals surface area contributed by atoms with Gasteiger partial charge in [-0.15, -0.1) is 71.3 Å². The molecule has 0 saturated heterocycles. The molecule has 0 fully saturated rings. The molecule has 2 heterocycles. The Morgan fingerprint density at radius 2 is 1.42 bits per heavy atom. The van der Waals surface area contributed by atoms with Gasteiger partial charge in [0.15, 0.2) is 0 Å². The summed E-state index contributed by atoms with van der Waals surface area (Å²) in [5, 5.41) is 5.11. The summed E-state index contributed by atoms with van der Waals surface area (Å²) in [6, 6.07) is 47.5. The van der Waals surface area contributed by atoms with Crippen LogP contribution in [0.25, 0.3) is 55.2 Å². The first-order valence-corrected chi connectivity index (χ1v) is 14.9. The molecule has 0 aliphatic rings. The van der Waals surface area contributed by atoms with Crippen LogP contribution < -0.4 is 0 Å². The van der Waals surface area contributed by atoms with Gasteiger partial charge in [-0.3, -0.25) is 0 Å². The van der Waals surface area contributed by atoms with E-state index in [2.05, 4.69) is 122 Å². The Balaban J connectivity index is 0.000000224. The Morgan fingerprint density at radius 3 is 2.16 bits per heavy atom. The second-order valence-corrected chi connectivity index (χ2v) is 12.2. The molecule has 225 valence electrons. The van der Waals surface area contributed by atoms with Crippen molar-refractivity contribution in [3.8, 4) is 33.6 Å². The molecular formula is C42H36IrN2-2. The van der Waals surface area contributed by atoms with Crippen LogP contribution in [0, 0.1) is 24.4 Å². The van der Waals surface area contributed by atoms with E-state index in [1.54, 1.807) is 18.2 Å². The van der Waals surface area contributed by atoms with Gasteiger partial charge in [-0.2, -0.15) is 0 Å². The number of rotatable bonds is 4. The molecular weight excluding hydrogens is 725 g/mol. The van der Waals surface area contributed by atoms with Gasteiger partial charge in [-0.1, -0.05) is 93.1 Å². The van der Waals surface area contributed by atoms with Crippen molar-refractivity contribution in [3.63, 3.8) is 0 Å². The number of hydrogen-bond donors (Lipinski definition) is 0. The Morgan fingerprint density at radius 1 is 0.667 bits per heavy atom. The van der Waals surface area contributed by atoms with Crippen LogP contribution in [0.4, 0.5) is 0 Å². The average molecular weight is 764 g/mol. The van der Waals surface area contributed by atoms with Crippen molar-refractivity contribution in [3.05, 3.63) is 157 Å². The van der Waals surface area contributed by atoms with E-state index < -0.39 is 6.85 Å². The van der Waals surface area contributed by atoms with E-state index >= 15 is 0 Å². The molecule has 0 spiro atoms. The van der Waals surface area contributed by atoms with Gasteiger partial charge in [-0.25, -0.2) is 0 Å². The van der Waals surface area contributed by atoms with Crippen molar-refractivity contribution < 1.29 is 24.2 Å². The van der Waals surface area contributed by atoms with Crippen LogP contribution in [0.5, 0.6) is 0 Å². The summed E-state index contributed by atoms with van der Waals surface area (Å²) in [5.74, 6) is 0. The minimum Gasteiger partial charge on any atom is -0.305 e. The van der Waals surface area contributed by atoms with E-state index in [1.807, 2.05) is 30.5 Å². The molecule has 0 aliphatic carbocycles. The number of aromatic nitrogens is 2. The molecule has 0 aliphatic heterocycles. The van der Waals surface area contributed by atoms with Crippen molar-refractivity contribution in [2.45, 2.75) is 34.0 Å². The first-order chi connectivity index (χ1) is 22.5. The van der Waals surface area contributed by atoms with Crippen LogP contribution in [0.2, 0.25) is 0 Å². The molecule has 1 radical (unpaired) electrons. The zero-order valence-electron chi connectivity index (χ0n) is 28.6. The fourth-order valence-corrected chi connectivity index (χ4v) is 5.52. The van der Waals surface area contributed by atoms with Crippen molar-refractivity contribution in [2.24, 2.45) is 5.41 Å². The second-order valence-electron chi connectivity index (χ2n) is 12.2. The molecule has 5 aromatic carbocycles. The van der Waals surface area contributed by atoms with Crippen molar-refractivity contribution >= 4 is 21.5 Å². The van der Waals surface area contributed by atoms with Gasteiger partial charge in [0.05, 0.1) is 0 Å². The molecule has 0 atom stereocenters. The maximum absolute atomic E-state index is 7.23. The van der Waals surface area contributed by atoms with Crippen molar-refractivity contribution in [1.82, 2.24) is 9.97 Å². The Bertz CT molecular complexity index is 2130. The zero-order chi connectivity index (χ0) is 33.0. The maximum Gasteiger partial charge on any atom is 0.0280 e. The molecule has 0 amide bonds. The third kappa shape index (κ3) is 7.81. The van der Waals surface area contributed by atoms with Crippen LogP contribution in [-0.4, -0.2) is 9.97 Å². The van der Waals surface area contributed by atoms with Crippen molar-refractivity contribution in [1.29, 1.82) is 0 Å². The molecule has 45 heavy (non-hydrogen) atoms. The summed E-state index contributed by atoms with van der Waals surface area (Å²) in [6.45, 7) is 4.71. The monoisotopic (exact) mass is 764 g/mol. The molecule has 0 saturated carbocycles. The van der Waals surface area contributed by atoms with Gasteiger partial charge in [0.1, 0.15) is 0 Å². The summed E-state index contributed by atoms with van der Waals surface area (Å²) in [6.07, 6.45) is 4.34. The Kier molecular flexibility index (Phi) is 8.81. The zero-order valence-corrected chi connectivity index (χ0v) is 28.0. The van der Waals surface area contributed by atoms with Crippen molar-refractivity contribution in [2.75, 3.05) is 0 Å². The van der Waals surface area contributed by atoms with E-state index in [9.17, 15) is 0 Å². The number of benzene rings is 5. The Hall–Kier alpha value is -4.43. The minimum atomic E-state index is -2.09. The second kappa shape index (κ2) is 14.1. The summed E-state index contributed by atoms with van der Waals surface area (Å²) in [7, 11) is 0. The van der Waals surface area contributed by atoms with Gasteiger partial charge in [0.2, 0.25) is 0 Å². The predicted octanol–water partition coefficient (Wildman–Crippen LogP) is 11.0. The number of fused-ring (bicyclic) bond motifs is 3. The minimum absolute atomic E-state index is 0. The smallest absolute Gasteiger partial charge is 0.0280 e. The van der Waals surface area contributed by atoms with Gasteiger partial charge in [0, 0.05) is 36.6 Å². The molecule has 7 aromatic rings. The number of hydrogen-bond acceptors (Lipinski definition) is 2. The van der Waals surface area contributed by atoms with Gasteiger partial charge in [0.25, 0.3) is 0 Å². The first-order valence-electron chi connectivity index (χ1n) is 16.4. The van der Waals surface area contributed by atoms with Crippen LogP contribution in [0.3, 0.4) is 0 Å². The Labute approximate surface area is 284 Å². The standard InChI is InChI=1S/C30H26N.C12H10N.Ir/c1-30(2,3)20-21-15-16-31-29(17-21)24-11-8-10-22(18-24)28-19-23-9-4-5-12-25(23)26-13-6-7-14-27(26)28;1-10-7-8-12(13-9-10)11-5-3-2-4-6-11;/h4-10,12-19H,20H2,1-3H3;2-5,7-9H,1H3;/q2*-1;/i;1D3;.